The number of ether oxygens (including phenoxy) is 1. The van der Waals surface area contributed by atoms with Gasteiger partial charge < -0.3 is 10.5 Å². The van der Waals surface area contributed by atoms with E-state index in [1.807, 2.05) is 30.3 Å². The minimum absolute atomic E-state index is 0.301. The number of benzene rings is 1. The monoisotopic (exact) mass is 332 g/mol. The maximum atomic E-state index is 12.0. The van der Waals surface area contributed by atoms with Gasteiger partial charge >= 0.3 is 5.97 Å². The first-order valence-corrected chi connectivity index (χ1v) is 8.74. The normalized spacial score (nSPS) is 10.2. The molecule has 0 aliphatic carbocycles. The van der Waals surface area contributed by atoms with Crippen LogP contribution in [0.5, 0.6) is 0 Å². The highest BCUT2D eigenvalue weighted by atomic mass is 32.2. The third-order valence-corrected chi connectivity index (χ3v) is 5.04. The predicted octanol–water partition coefficient (Wildman–Crippen LogP) is 3.81. The third-order valence-electron chi connectivity index (χ3n) is 2.96. The molecule has 114 valence electrons. The molecule has 1 heterocycles. The van der Waals surface area contributed by atoms with Crippen LogP contribution < -0.4 is 5.73 Å². The Morgan fingerprint density at radius 1 is 1.36 bits per heavy atom. The van der Waals surface area contributed by atoms with Gasteiger partial charge in [-0.1, -0.05) is 30.3 Å². The minimum atomic E-state index is -0.406. The van der Waals surface area contributed by atoms with Crippen LogP contribution in [0.2, 0.25) is 0 Å². The highest BCUT2D eigenvalue weighted by molar-refractivity contribution is 7.97. The van der Waals surface area contributed by atoms with Crippen molar-refractivity contribution in [2.24, 2.45) is 0 Å². The van der Waals surface area contributed by atoms with E-state index >= 15 is 0 Å². The largest absolute Gasteiger partial charge is 0.462 e. The predicted molar refractivity (Wildman–Crippen MR) is 90.8 cm³/mol. The second kappa shape index (κ2) is 7.87. The second-order valence-electron chi connectivity index (χ2n) is 4.46. The molecule has 6 heteroatoms. The molecule has 2 N–H and O–H groups in total. The fraction of sp³-hybridized carbons (Fsp3) is 0.250. The number of hydrogen-bond acceptors (Lipinski definition) is 6. The maximum Gasteiger partial charge on any atom is 0.348 e. The number of nitriles is 1. The lowest BCUT2D eigenvalue weighted by molar-refractivity contribution is 0.0531. The van der Waals surface area contributed by atoms with Gasteiger partial charge in [0.2, 0.25) is 0 Å². The van der Waals surface area contributed by atoms with Crippen LogP contribution in [0, 0.1) is 11.3 Å². The molecule has 0 spiro atoms. The highest BCUT2D eigenvalue weighted by Gasteiger charge is 2.22. The summed E-state index contributed by atoms with van der Waals surface area (Å²) >= 11 is 2.77. The van der Waals surface area contributed by atoms with E-state index in [0.29, 0.717) is 33.4 Å². The van der Waals surface area contributed by atoms with Gasteiger partial charge in [0, 0.05) is 17.1 Å². The van der Waals surface area contributed by atoms with Crippen LogP contribution in [0.25, 0.3) is 0 Å². The molecule has 1 aromatic heterocycles. The number of thiophene rings is 1. The van der Waals surface area contributed by atoms with E-state index in [2.05, 4.69) is 6.07 Å². The molecular formula is C16H16N2O2S2. The summed E-state index contributed by atoms with van der Waals surface area (Å²) in [6.45, 7) is 2.05. The zero-order valence-corrected chi connectivity index (χ0v) is 13.8. The molecule has 4 nitrogen and oxygen atoms in total. The van der Waals surface area contributed by atoms with Crippen LogP contribution in [-0.4, -0.2) is 12.6 Å². The Hall–Kier alpha value is -1.97. The van der Waals surface area contributed by atoms with E-state index in [4.69, 9.17) is 10.5 Å². The average Bonchev–Trinajstić information content (AvgIpc) is 2.84. The maximum absolute atomic E-state index is 12.0. The van der Waals surface area contributed by atoms with E-state index in [1.165, 1.54) is 5.56 Å². The summed E-state index contributed by atoms with van der Waals surface area (Å²) in [7, 11) is 0. The molecule has 22 heavy (non-hydrogen) atoms. The van der Waals surface area contributed by atoms with Crippen LogP contribution >= 0.6 is 23.1 Å². The lowest BCUT2D eigenvalue weighted by Crippen LogP contribution is -2.05. The number of rotatable bonds is 6. The van der Waals surface area contributed by atoms with Crippen LogP contribution in [0.15, 0.2) is 30.3 Å². The lowest BCUT2D eigenvalue weighted by atomic mass is 10.2. The Morgan fingerprint density at radius 3 is 2.73 bits per heavy atom. The minimum Gasteiger partial charge on any atom is -0.462 e. The number of nitrogens with two attached hydrogens (primary N) is 1. The zero-order chi connectivity index (χ0) is 15.9. The second-order valence-corrected chi connectivity index (χ2v) is 6.50. The number of nitrogen functional groups attached to an aromatic ring is 1. The first-order valence-electron chi connectivity index (χ1n) is 6.77. The van der Waals surface area contributed by atoms with Gasteiger partial charge in [0.1, 0.15) is 15.9 Å². The summed E-state index contributed by atoms with van der Waals surface area (Å²) in [5, 5.41) is 9.63. The Balaban J connectivity index is 2.14. The molecule has 2 rings (SSSR count). The summed E-state index contributed by atoms with van der Waals surface area (Å²) in [5.74, 6) is 0.958. The SMILES string of the molecule is CCOC(=O)c1sc(N)c(C#N)c1CSCc1ccccc1. The molecule has 0 amide bonds. The molecule has 0 atom stereocenters. The molecule has 0 aliphatic rings. The molecule has 2 aromatic rings. The highest BCUT2D eigenvalue weighted by Crippen LogP contribution is 2.34. The molecular weight excluding hydrogens is 316 g/mol. The summed E-state index contributed by atoms with van der Waals surface area (Å²) < 4.78 is 5.04. The van der Waals surface area contributed by atoms with Gasteiger partial charge in [0.25, 0.3) is 0 Å². The molecule has 0 bridgehead atoms. The van der Waals surface area contributed by atoms with Gasteiger partial charge in [-0.05, 0) is 12.5 Å². The van der Waals surface area contributed by atoms with E-state index in [9.17, 15) is 10.1 Å². The van der Waals surface area contributed by atoms with Crippen molar-refractivity contribution in [3.8, 4) is 6.07 Å². The average molecular weight is 332 g/mol. The Labute approximate surface area is 137 Å². The van der Waals surface area contributed by atoms with Crippen molar-refractivity contribution >= 4 is 34.1 Å². The van der Waals surface area contributed by atoms with Crippen molar-refractivity contribution in [3.63, 3.8) is 0 Å². The van der Waals surface area contributed by atoms with Gasteiger partial charge in [-0.25, -0.2) is 4.79 Å². The standard InChI is InChI=1S/C16H16N2O2S2/c1-2-20-16(19)14-13(12(8-17)15(18)22-14)10-21-9-11-6-4-3-5-7-11/h3-7H,2,9-10,18H2,1H3. The molecule has 0 unspecified atom stereocenters. The topological polar surface area (TPSA) is 76.1 Å². The Morgan fingerprint density at radius 2 is 2.09 bits per heavy atom. The van der Waals surface area contributed by atoms with Gasteiger partial charge in [0.15, 0.2) is 0 Å². The number of thioether (sulfide) groups is 1. The molecule has 0 fully saturated rings. The van der Waals surface area contributed by atoms with E-state index in [0.717, 1.165) is 17.1 Å². The number of nitrogens with zero attached hydrogens (tertiary/aromatic N) is 1. The Kier molecular flexibility index (Phi) is 5.87. The number of hydrogen-bond donors (Lipinski definition) is 1. The number of anilines is 1. The van der Waals surface area contributed by atoms with Gasteiger partial charge in [-0.2, -0.15) is 17.0 Å². The first kappa shape index (κ1) is 16.4. The van der Waals surface area contributed by atoms with Crippen molar-refractivity contribution < 1.29 is 9.53 Å². The lowest BCUT2D eigenvalue weighted by Gasteiger charge is -2.05. The summed E-state index contributed by atoms with van der Waals surface area (Å²) in [4.78, 5) is 12.4. The van der Waals surface area contributed by atoms with Crippen LogP contribution in [0.3, 0.4) is 0 Å². The summed E-state index contributed by atoms with van der Waals surface area (Å²) in [5.41, 5.74) is 8.13. The molecule has 0 aliphatic heterocycles. The van der Waals surface area contributed by atoms with Crippen molar-refractivity contribution in [1.82, 2.24) is 0 Å². The van der Waals surface area contributed by atoms with E-state index in [1.54, 1.807) is 18.7 Å². The van der Waals surface area contributed by atoms with Crippen molar-refractivity contribution in [2.45, 2.75) is 18.4 Å². The number of carbonyl (C=O) groups excluding carboxylic acids is 1. The molecule has 1 aromatic carbocycles. The fourth-order valence-corrected chi connectivity index (χ4v) is 4.00. The third kappa shape index (κ3) is 3.81. The quantitative estimate of drug-likeness (QED) is 0.814. The van der Waals surface area contributed by atoms with E-state index in [-0.39, 0.29) is 0 Å². The van der Waals surface area contributed by atoms with Crippen molar-refractivity contribution in [3.05, 3.63) is 51.9 Å². The zero-order valence-electron chi connectivity index (χ0n) is 12.2. The smallest absolute Gasteiger partial charge is 0.348 e. The van der Waals surface area contributed by atoms with Crippen LogP contribution in [0.4, 0.5) is 5.00 Å². The molecule has 0 saturated carbocycles. The summed E-state index contributed by atoms with van der Waals surface area (Å²) in [6, 6.07) is 12.1. The number of esters is 1. The van der Waals surface area contributed by atoms with Crippen molar-refractivity contribution in [1.29, 1.82) is 5.26 Å². The molecule has 0 radical (unpaired) electrons. The van der Waals surface area contributed by atoms with E-state index < -0.39 is 5.97 Å². The fourth-order valence-electron chi connectivity index (χ4n) is 1.95. The number of carbonyl (C=O) groups is 1. The first-order chi connectivity index (χ1) is 10.7. The summed E-state index contributed by atoms with van der Waals surface area (Å²) in [6.07, 6.45) is 0. The Bertz CT molecular complexity index is 690. The van der Waals surface area contributed by atoms with Crippen LogP contribution in [0.1, 0.15) is 33.3 Å². The van der Waals surface area contributed by atoms with Gasteiger partial charge in [-0.15, -0.1) is 11.3 Å². The van der Waals surface area contributed by atoms with Gasteiger partial charge in [0.05, 0.1) is 12.2 Å². The van der Waals surface area contributed by atoms with Gasteiger partial charge in [-0.3, -0.25) is 0 Å². The molecule has 0 saturated heterocycles. The van der Waals surface area contributed by atoms with Crippen molar-refractivity contribution in [2.75, 3.05) is 12.3 Å². The van der Waals surface area contributed by atoms with Crippen LogP contribution in [-0.2, 0) is 16.2 Å².